The Hall–Kier alpha value is -1.66. The topological polar surface area (TPSA) is 104 Å². The van der Waals surface area contributed by atoms with Gasteiger partial charge in [-0.25, -0.2) is 0 Å². The monoisotopic (exact) mass is 157 g/mol. The second kappa shape index (κ2) is 2.95. The van der Waals surface area contributed by atoms with E-state index in [1.807, 2.05) is 0 Å². The van der Waals surface area contributed by atoms with Crippen molar-refractivity contribution in [1.29, 1.82) is 0 Å². The highest BCUT2D eigenvalue weighted by molar-refractivity contribution is 5.75. The lowest BCUT2D eigenvalue weighted by Gasteiger charge is -2.04. The number of hydrogen-bond donors (Lipinski definition) is 3. The lowest BCUT2D eigenvalue weighted by atomic mass is 10.3. The molecule has 1 rings (SSSR count). The summed E-state index contributed by atoms with van der Waals surface area (Å²) in [6.45, 7) is 1.48. The van der Waals surface area contributed by atoms with Crippen LogP contribution < -0.4 is 5.32 Å². The standard InChI is InChI=1S/C4H7N5O2/c1-2(3(10)11)5-4-6-8-9-7-4/h2H,1H3,(H,10,11)(H2,5,6,7,8,9)/t2-/m0/s1. The zero-order valence-electron chi connectivity index (χ0n) is 5.77. The molecule has 0 aliphatic heterocycles. The molecular weight excluding hydrogens is 150 g/mol. The van der Waals surface area contributed by atoms with Crippen molar-refractivity contribution in [3.8, 4) is 0 Å². The van der Waals surface area contributed by atoms with Gasteiger partial charge < -0.3 is 10.4 Å². The van der Waals surface area contributed by atoms with Crippen LogP contribution in [0.5, 0.6) is 0 Å². The van der Waals surface area contributed by atoms with Gasteiger partial charge in [0.15, 0.2) is 0 Å². The van der Waals surface area contributed by atoms with Crippen molar-refractivity contribution < 1.29 is 9.90 Å². The average Bonchev–Trinajstić information content (AvgIpc) is 2.39. The fourth-order valence-corrected chi connectivity index (χ4v) is 0.478. The molecule has 7 nitrogen and oxygen atoms in total. The van der Waals surface area contributed by atoms with E-state index in [4.69, 9.17) is 5.11 Å². The second-order valence-corrected chi connectivity index (χ2v) is 1.94. The molecule has 0 aromatic carbocycles. The third-order valence-electron chi connectivity index (χ3n) is 1.06. The number of carboxylic acids is 1. The number of aliphatic carboxylic acids is 1. The van der Waals surface area contributed by atoms with Crippen molar-refractivity contribution >= 4 is 11.9 Å². The van der Waals surface area contributed by atoms with Gasteiger partial charge >= 0.3 is 5.97 Å². The number of anilines is 1. The summed E-state index contributed by atoms with van der Waals surface area (Å²) in [4.78, 5) is 10.3. The average molecular weight is 157 g/mol. The molecule has 11 heavy (non-hydrogen) atoms. The zero-order valence-corrected chi connectivity index (χ0v) is 5.77. The van der Waals surface area contributed by atoms with Gasteiger partial charge in [-0.3, -0.25) is 4.79 Å². The summed E-state index contributed by atoms with van der Waals surface area (Å²) in [5.41, 5.74) is 0. The molecule has 0 saturated carbocycles. The van der Waals surface area contributed by atoms with Crippen LogP contribution in [0.15, 0.2) is 0 Å². The van der Waals surface area contributed by atoms with Crippen LogP contribution in [-0.2, 0) is 4.79 Å². The van der Waals surface area contributed by atoms with Crippen molar-refractivity contribution in [1.82, 2.24) is 20.6 Å². The first-order valence-corrected chi connectivity index (χ1v) is 2.93. The predicted molar refractivity (Wildman–Crippen MR) is 34.9 cm³/mol. The van der Waals surface area contributed by atoms with E-state index in [-0.39, 0.29) is 5.95 Å². The fraction of sp³-hybridized carbons (Fsp3) is 0.500. The molecule has 3 N–H and O–H groups in total. The summed E-state index contributed by atoms with van der Waals surface area (Å²) in [7, 11) is 0. The Kier molecular flexibility index (Phi) is 2.00. The van der Waals surface area contributed by atoms with E-state index in [2.05, 4.69) is 25.9 Å². The molecule has 0 amide bonds. The highest BCUT2D eigenvalue weighted by Crippen LogP contribution is 1.94. The zero-order chi connectivity index (χ0) is 8.27. The van der Waals surface area contributed by atoms with Crippen LogP contribution in [0.2, 0.25) is 0 Å². The van der Waals surface area contributed by atoms with E-state index in [1.54, 1.807) is 0 Å². The number of tetrazole rings is 1. The normalized spacial score (nSPS) is 12.5. The van der Waals surface area contributed by atoms with E-state index in [0.717, 1.165) is 0 Å². The first-order valence-electron chi connectivity index (χ1n) is 2.93. The van der Waals surface area contributed by atoms with Crippen molar-refractivity contribution in [3.05, 3.63) is 0 Å². The van der Waals surface area contributed by atoms with Crippen LogP contribution in [0.4, 0.5) is 5.95 Å². The Morgan fingerprint density at radius 2 is 2.55 bits per heavy atom. The number of nitrogens with one attached hydrogen (secondary N) is 2. The van der Waals surface area contributed by atoms with Gasteiger partial charge in [-0.05, 0) is 12.1 Å². The molecule has 1 atom stereocenters. The molecule has 60 valence electrons. The van der Waals surface area contributed by atoms with Gasteiger partial charge in [-0.15, -0.1) is 5.10 Å². The summed E-state index contributed by atoms with van der Waals surface area (Å²) in [5, 5.41) is 23.4. The number of carbonyl (C=O) groups is 1. The Labute approximate surface area is 61.8 Å². The first-order chi connectivity index (χ1) is 5.20. The molecule has 0 fully saturated rings. The maximum atomic E-state index is 10.3. The van der Waals surface area contributed by atoms with Gasteiger partial charge in [0.05, 0.1) is 0 Å². The van der Waals surface area contributed by atoms with Crippen LogP contribution in [0.1, 0.15) is 6.92 Å². The summed E-state index contributed by atoms with van der Waals surface area (Å²) >= 11 is 0. The first kappa shape index (κ1) is 7.45. The third-order valence-corrected chi connectivity index (χ3v) is 1.06. The molecule has 0 unspecified atom stereocenters. The van der Waals surface area contributed by atoms with Crippen molar-refractivity contribution in [2.75, 3.05) is 5.32 Å². The number of aromatic nitrogens is 4. The van der Waals surface area contributed by atoms with E-state index in [0.29, 0.717) is 0 Å². The van der Waals surface area contributed by atoms with Gasteiger partial charge in [0.2, 0.25) is 0 Å². The molecule has 1 aromatic heterocycles. The summed E-state index contributed by atoms with van der Waals surface area (Å²) in [6.07, 6.45) is 0. The van der Waals surface area contributed by atoms with Crippen molar-refractivity contribution in [3.63, 3.8) is 0 Å². The number of H-pyrrole nitrogens is 1. The molecule has 1 aromatic rings. The lowest BCUT2D eigenvalue weighted by molar-refractivity contribution is -0.137. The minimum atomic E-state index is -0.963. The number of hydrogen-bond acceptors (Lipinski definition) is 5. The molecule has 0 bridgehead atoms. The SMILES string of the molecule is C[C@H](Nc1nn[nH]n1)C(=O)O. The van der Waals surface area contributed by atoms with Gasteiger partial charge in [0, 0.05) is 0 Å². The highest BCUT2D eigenvalue weighted by atomic mass is 16.4. The largest absolute Gasteiger partial charge is 0.480 e. The van der Waals surface area contributed by atoms with Gasteiger partial charge in [0.1, 0.15) is 6.04 Å². The maximum Gasteiger partial charge on any atom is 0.325 e. The van der Waals surface area contributed by atoms with E-state index < -0.39 is 12.0 Å². The van der Waals surface area contributed by atoms with E-state index in [9.17, 15) is 4.79 Å². The van der Waals surface area contributed by atoms with Crippen molar-refractivity contribution in [2.24, 2.45) is 0 Å². The van der Waals surface area contributed by atoms with Gasteiger partial charge in [-0.2, -0.15) is 5.21 Å². The fourth-order valence-electron chi connectivity index (χ4n) is 0.478. The Balaban J connectivity index is 2.50. The van der Waals surface area contributed by atoms with Crippen LogP contribution in [-0.4, -0.2) is 37.7 Å². The van der Waals surface area contributed by atoms with Gasteiger partial charge in [-0.1, -0.05) is 5.10 Å². The van der Waals surface area contributed by atoms with E-state index >= 15 is 0 Å². The van der Waals surface area contributed by atoms with Crippen LogP contribution in [0, 0.1) is 0 Å². The quantitative estimate of drug-likeness (QED) is 0.524. The molecule has 0 radical (unpaired) electrons. The lowest BCUT2D eigenvalue weighted by Crippen LogP contribution is -2.25. The van der Waals surface area contributed by atoms with Crippen LogP contribution in [0.3, 0.4) is 0 Å². The minimum Gasteiger partial charge on any atom is -0.480 e. The Bertz CT molecular complexity index is 233. The predicted octanol–water partition coefficient (Wildman–Crippen LogP) is -0.915. The third kappa shape index (κ3) is 1.88. The molecule has 0 spiro atoms. The molecule has 0 aliphatic rings. The van der Waals surface area contributed by atoms with Crippen LogP contribution >= 0.6 is 0 Å². The molecular formula is C4H7N5O2. The highest BCUT2D eigenvalue weighted by Gasteiger charge is 2.11. The number of aromatic amines is 1. The number of nitrogens with zero attached hydrogens (tertiary/aromatic N) is 3. The molecule has 7 heteroatoms. The smallest absolute Gasteiger partial charge is 0.325 e. The number of carboxylic acid groups (broad SMARTS) is 1. The molecule has 0 saturated heterocycles. The summed E-state index contributed by atoms with van der Waals surface area (Å²) in [6, 6.07) is -0.715. The molecule has 0 aliphatic carbocycles. The van der Waals surface area contributed by atoms with Crippen LogP contribution in [0.25, 0.3) is 0 Å². The summed E-state index contributed by atoms with van der Waals surface area (Å²) < 4.78 is 0. The Morgan fingerprint density at radius 3 is 3.00 bits per heavy atom. The summed E-state index contributed by atoms with van der Waals surface area (Å²) in [5.74, 6) is -0.783. The minimum absolute atomic E-state index is 0.180. The maximum absolute atomic E-state index is 10.3. The molecule has 1 heterocycles. The van der Waals surface area contributed by atoms with E-state index in [1.165, 1.54) is 6.92 Å². The number of rotatable bonds is 3. The van der Waals surface area contributed by atoms with Gasteiger partial charge in [0.25, 0.3) is 5.95 Å². The second-order valence-electron chi connectivity index (χ2n) is 1.94. The van der Waals surface area contributed by atoms with Crippen molar-refractivity contribution in [2.45, 2.75) is 13.0 Å². The Morgan fingerprint density at radius 1 is 1.82 bits per heavy atom.